The van der Waals surface area contributed by atoms with Crippen LogP contribution in [0.25, 0.3) is 5.13 Å². The normalized spacial score (nSPS) is 11.7. The lowest BCUT2D eigenvalue weighted by molar-refractivity contribution is 0.254. The Balaban J connectivity index is 1.67. The maximum atomic E-state index is 5.34. The molecule has 0 aliphatic heterocycles. The summed E-state index contributed by atoms with van der Waals surface area (Å²) in [6.07, 6.45) is 4.71. The second kappa shape index (κ2) is 7.72. The number of thiazole rings is 1. The second-order valence-corrected chi connectivity index (χ2v) is 7.06. The minimum absolute atomic E-state index is 0.516. The third-order valence-corrected chi connectivity index (χ3v) is 4.52. The molecule has 24 heavy (non-hydrogen) atoms. The minimum atomic E-state index is 0.516. The molecule has 0 saturated carbocycles. The van der Waals surface area contributed by atoms with Gasteiger partial charge in [0.1, 0.15) is 0 Å². The first kappa shape index (κ1) is 16.9. The van der Waals surface area contributed by atoms with Crippen LogP contribution >= 0.6 is 11.3 Å². The Bertz CT molecular complexity index is 747. The van der Waals surface area contributed by atoms with Gasteiger partial charge in [0.25, 0.3) is 0 Å². The van der Waals surface area contributed by atoms with Gasteiger partial charge in [0.15, 0.2) is 11.0 Å². The monoisotopic (exact) mass is 345 g/mol. The molecule has 0 unspecified atom stereocenters. The predicted octanol–water partition coefficient (Wildman–Crippen LogP) is 3.54. The van der Waals surface area contributed by atoms with Crippen molar-refractivity contribution in [1.82, 2.24) is 24.6 Å². The quantitative estimate of drug-likeness (QED) is 0.625. The number of hydrogen-bond donors (Lipinski definition) is 0. The molecule has 0 radical (unpaired) electrons. The molecule has 0 amide bonds. The summed E-state index contributed by atoms with van der Waals surface area (Å²) in [7, 11) is 0. The van der Waals surface area contributed by atoms with Gasteiger partial charge in [0.2, 0.25) is 5.89 Å². The molecule has 0 aliphatic rings. The van der Waals surface area contributed by atoms with Crippen molar-refractivity contribution in [2.45, 2.75) is 40.3 Å². The third-order valence-electron chi connectivity index (χ3n) is 3.75. The summed E-state index contributed by atoms with van der Waals surface area (Å²) in [5.74, 6) is 1.99. The first-order chi connectivity index (χ1) is 11.7. The zero-order chi connectivity index (χ0) is 16.9. The van der Waals surface area contributed by atoms with E-state index in [4.69, 9.17) is 4.52 Å². The van der Waals surface area contributed by atoms with Crippen molar-refractivity contribution < 1.29 is 4.52 Å². The van der Waals surface area contributed by atoms with Gasteiger partial charge in [0.05, 0.1) is 6.54 Å². The lowest BCUT2D eigenvalue weighted by atomic mass is 10.1. The zero-order valence-electron chi connectivity index (χ0n) is 14.3. The number of nitrogens with zero attached hydrogens (tertiary/aromatic N) is 5. The SMILES string of the molecule is CCN(Cc1noc(CC(C)C)n1)Cc1cccn1-c1nccs1. The molecular weight excluding hydrogens is 322 g/mol. The van der Waals surface area contributed by atoms with Gasteiger partial charge in [-0.15, -0.1) is 11.3 Å². The molecular formula is C17H23N5OS. The molecule has 3 heterocycles. The van der Waals surface area contributed by atoms with E-state index in [0.717, 1.165) is 36.4 Å². The summed E-state index contributed by atoms with van der Waals surface area (Å²) in [5.41, 5.74) is 1.21. The van der Waals surface area contributed by atoms with Crippen LogP contribution < -0.4 is 0 Å². The van der Waals surface area contributed by atoms with E-state index in [0.29, 0.717) is 12.5 Å². The molecule has 0 atom stereocenters. The molecule has 0 saturated heterocycles. The largest absolute Gasteiger partial charge is 0.339 e. The van der Waals surface area contributed by atoms with Gasteiger partial charge in [-0.05, 0) is 24.6 Å². The van der Waals surface area contributed by atoms with Crippen LogP contribution in [0.15, 0.2) is 34.4 Å². The average molecular weight is 345 g/mol. The number of rotatable bonds is 8. The third kappa shape index (κ3) is 4.10. The van der Waals surface area contributed by atoms with Gasteiger partial charge in [-0.2, -0.15) is 4.98 Å². The van der Waals surface area contributed by atoms with E-state index in [9.17, 15) is 0 Å². The predicted molar refractivity (Wildman–Crippen MR) is 94.1 cm³/mol. The molecule has 128 valence electrons. The van der Waals surface area contributed by atoms with Crippen LogP contribution in [-0.4, -0.2) is 31.1 Å². The average Bonchev–Trinajstić information content (AvgIpc) is 3.27. The molecule has 3 rings (SSSR count). The molecule has 0 aliphatic carbocycles. The highest BCUT2D eigenvalue weighted by Gasteiger charge is 2.14. The van der Waals surface area contributed by atoms with Crippen molar-refractivity contribution in [1.29, 1.82) is 0 Å². The molecule has 0 N–H and O–H groups in total. The minimum Gasteiger partial charge on any atom is -0.339 e. The van der Waals surface area contributed by atoms with Gasteiger partial charge >= 0.3 is 0 Å². The molecule has 3 aromatic heterocycles. The number of hydrogen-bond acceptors (Lipinski definition) is 6. The summed E-state index contributed by atoms with van der Waals surface area (Å²) in [6.45, 7) is 8.85. The van der Waals surface area contributed by atoms with Crippen LogP contribution in [0.5, 0.6) is 0 Å². The van der Waals surface area contributed by atoms with E-state index in [1.807, 2.05) is 11.6 Å². The van der Waals surface area contributed by atoms with Gasteiger partial charge < -0.3 is 4.52 Å². The topological polar surface area (TPSA) is 60.0 Å². The smallest absolute Gasteiger partial charge is 0.226 e. The van der Waals surface area contributed by atoms with E-state index >= 15 is 0 Å². The van der Waals surface area contributed by atoms with Gasteiger partial charge in [0, 0.05) is 36.4 Å². The van der Waals surface area contributed by atoms with Crippen molar-refractivity contribution >= 4 is 11.3 Å². The van der Waals surface area contributed by atoms with Crippen molar-refractivity contribution in [3.05, 3.63) is 47.3 Å². The lowest BCUT2D eigenvalue weighted by Crippen LogP contribution is -2.24. The van der Waals surface area contributed by atoms with Crippen molar-refractivity contribution in [3.8, 4) is 5.13 Å². The first-order valence-corrected chi connectivity index (χ1v) is 9.13. The van der Waals surface area contributed by atoms with Crippen LogP contribution in [0.2, 0.25) is 0 Å². The standard InChI is InChI=1S/C17H23N5OS/c1-4-21(12-15-19-16(23-20-15)10-13(2)3)11-14-6-5-8-22(14)17-18-7-9-24-17/h5-9,13H,4,10-12H2,1-3H3. The first-order valence-electron chi connectivity index (χ1n) is 8.25. The van der Waals surface area contributed by atoms with Gasteiger partial charge in [-0.1, -0.05) is 25.9 Å². The molecule has 3 aromatic rings. The Morgan fingerprint density at radius 1 is 1.33 bits per heavy atom. The highest BCUT2D eigenvalue weighted by molar-refractivity contribution is 7.12. The van der Waals surface area contributed by atoms with Crippen LogP contribution in [0.4, 0.5) is 0 Å². The lowest BCUT2D eigenvalue weighted by Gasteiger charge is -2.19. The highest BCUT2D eigenvalue weighted by atomic mass is 32.1. The van der Waals surface area contributed by atoms with E-state index in [-0.39, 0.29) is 0 Å². The summed E-state index contributed by atoms with van der Waals surface area (Å²) in [6, 6.07) is 4.18. The fraction of sp³-hybridized carbons (Fsp3) is 0.471. The fourth-order valence-corrected chi connectivity index (χ4v) is 3.22. The van der Waals surface area contributed by atoms with E-state index in [1.165, 1.54) is 5.69 Å². The summed E-state index contributed by atoms with van der Waals surface area (Å²) < 4.78 is 7.47. The molecule has 0 aromatic carbocycles. The molecule has 6 nitrogen and oxygen atoms in total. The Kier molecular flexibility index (Phi) is 5.42. The zero-order valence-corrected chi connectivity index (χ0v) is 15.2. The van der Waals surface area contributed by atoms with Gasteiger partial charge in [-0.3, -0.25) is 9.47 Å². The molecule has 7 heteroatoms. The van der Waals surface area contributed by atoms with Crippen LogP contribution in [0.1, 0.15) is 38.2 Å². The Morgan fingerprint density at radius 2 is 2.21 bits per heavy atom. The van der Waals surface area contributed by atoms with E-state index in [1.54, 1.807) is 11.3 Å². The van der Waals surface area contributed by atoms with Crippen LogP contribution in [0, 0.1) is 5.92 Å². The Labute approximate surface area is 146 Å². The van der Waals surface area contributed by atoms with Crippen molar-refractivity contribution in [2.24, 2.45) is 5.92 Å². The van der Waals surface area contributed by atoms with Crippen LogP contribution in [-0.2, 0) is 19.5 Å². The molecule has 0 bridgehead atoms. The molecule has 0 spiro atoms. The summed E-state index contributed by atoms with van der Waals surface area (Å²) in [5, 5.41) is 7.10. The molecule has 0 fully saturated rings. The highest BCUT2D eigenvalue weighted by Crippen LogP contribution is 2.17. The van der Waals surface area contributed by atoms with Crippen molar-refractivity contribution in [2.75, 3.05) is 6.54 Å². The van der Waals surface area contributed by atoms with Crippen LogP contribution in [0.3, 0.4) is 0 Å². The Hall–Kier alpha value is -1.99. The van der Waals surface area contributed by atoms with Crippen molar-refractivity contribution in [3.63, 3.8) is 0 Å². The maximum absolute atomic E-state index is 5.34. The van der Waals surface area contributed by atoms with Gasteiger partial charge in [-0.25, -0.2) is 4.98 Å². The summed E-state index contributed by atoms with van der Waals surface area (Å²) in [4.78, 5) is 11.2. The van der Waals surface area contributed by atoms with E-state index < -0.39 is 0 Å². The Morgan fingerprint density at radius 3 is 2.92 bits per heavy atom. The van der Waals surface area contributed by atoms with E-state index in [2.05, 4.69) is 63.7 Å². The summed E-state index contributed by atoms with van der Waals surface area (Å²) >= 11 is 1.64. The maximum Gasteiger partial charge on any atom is 0.226 e. The second-order valence-electron chi connectivity index (χ2n) is 6.19. The number of aromatic nitrogens is 4. The fourth-order valence-electron chi connectivity index (χ4n) is 2.56.